The number of hydrogen-bond donors (Lipinski definition) is 0. The summed E-state index contributed by atoms with van der Waals surface area (Å²) >= 11 is 11.7. The van der Waals surface area contributed by atoms with Gasteiger partial charge in [0.25, 0.3) is 11.6 Å². The van der Waals surface area contributed by atoms with E-state index in [1.807, 2.05) is 24.3 Å². The van der Waals surface area contributed by atoms with Crippen molar-refractivity contribution in [1.29, 1.82) is 0 Å². The van der Waals surface area contributed by atoms with Gasteiger partial charge in [0.2, 0.25) is 0 Å². The molecule has 2 aromatic rings. The van der Waals surface area contributed by atoms with E-state index in [4.69, 9.17) is 23.2 Å². The van der Waals surface area contributed by atoms with E-state index in [0.29, 0.717) is 31.2 Å². The first-order valence-corrected chi connectivity index (χ1v) is 8.89. The number of carbonyl (C=O) groups is 1. The minimum atomic E-state index is -0.574. The van der Waals surface area contributed by atoms with Crippen LogP contribution in [-0.2, 0) is 6.54 Å². The molecule has 1 amide bonds. The molecular weight excluding hydrogens is 377 g/mol. The molecule has 0 saturated carbocycles. The number of hydrogen-bond acceptors (Lipinski definition) is 4. The highest BCUT2D eigenvalue weighted by molar-refractivity contribution is 6.31. The first kappa shape index (κ1) is 18.6. The number of nitrogens with zero attached hydrogens (tertiary/aromatic N) is 3. The average molecular weight is 394 g/mol. The van der Waals surface area contributed by atoms with Crippen LogP contribution in [-0.4, -0.2) is 46.8 Å². The number of amides is 1. The van der Waals surface area contributed by atoms with Gasteiger partial charge in [0, 0.05) is 48.8 Å². The lowest BCUT2D eigenvalue weighted by Gasteiger charge is -2.34. The van der Waals surface area contributed by atoms with Crippen LogP contribution in [0.5, 0.6) is 0 Å². The first-order valence-electron chi connectivity index (χ1n) is 8.14. The summed E-state index contributed by atoms with van der Waals surface area (Å²) in [5, 5.41) is 12.1. The summed E-state index contributed by atoms with van der Waals surface area (Å²) < 4.78 is 0. The topological polar surface area (TPSA) is 66.7 Å². The van der Waals surface area contributed by atoms with Gasteiger partial charge in [0.1, 0.15) is 5.56 Å². The summed E-state index contributed by atoms with van der Waals surface area (Å²) in [7, 11) is 0. The fourth-order valence-corrected chi connectivity index (χ4v) is 3.26. The Hall–Kier alpha value is -2.15. The second-order valence-electron chi connectivity index (χ2n) is 6.11. The van der Waals surface area contributed by atoms with E-state index in [2.05, 4.69) is 4.90 Å². The van der Waals surface area contributed by atoms with Crippen molar-refractivity contribution in [1.82, 2.24) is 9.80 Å². The molecular formula is C18H17Cl2N3O3. The summed E-state index contributed by atoms with van der Waals surface area (Å²) in [6.07, 6.45) is 0. The second kappa shape index (κ2) is 8.03. The van der Waals surface area contributed by atoms with Gasteiger partial charge in [0.05, 0.1) is 4.92 Å². The normalized spacial score (nSPS) is 15.1. The Balaban J connectivity index is 1.64. The molecule has 1 heterocycles. The van der Waals surface area contributed by atoms with Crippen molar-refractivity contribution in [3.63, 3.8) is 0 Å². The van der Waals surface area contributed by atoms with Gasteiger partial charge in [-0.15, -0.1) is 0 Å². The number of benzene rings is 2. The van der Waals surface area contributed by atoms with E-state index in [-0.39, 0.29) is 22.2 Å². The van der Waals surface area contributed by atoms with Crippen LogP contribution in [0, 0.1) is 10.1 Å². The van der Waals surface area contributed by atoms with Crippen LogP contribution in [0.2, 0.25) is 10.0 Å². The highest BCUT2D eigenvalue weighted by Gasteiger charge is 2.27. The molecule has 1 fully saturated rings. The standard InChI is InChI=1S/C18H17Cl2N3O3/c19-14-3-1-13(2-4-14)12-21-7-9-22(10-8-21)18(24)16-6-5-15(20)11-17(16)23(25)26/h1-6,11H,7-10,12H2. The van der Waals surface area contributed by atoms with Gasteiger partial charge < -0.3 is 4.90 Å². The molecule has 0 unspecified atom stereocenters. The zero-order chi connectivity index (χ0) is 18.7. The Morgan fingerprint density at radius 2 is 1.62 bits per heavy atom. The Morgan fingerprint density at radius 3 is 2.23 bits per heavy atom. The zero-order valence-electron chi connectivity index (χ0n) is 13.9. The second-order valence-corrected chi connectivity index (χ2v) is 6.99. The lowest BCUT2D eigenvalue weighted by molar-refractivity contribution is -0.385. The highest BCUT2D eigenvalue weighted by atomic mass is 35.5. The molecule has 0 atom stereocenters. The maximum atomic E-state index is 12.7. The summed E-state index contributed by atoms with van der Waals surface area (Å²) in [4.78, 5) is 27.2. The smallest absolute Gasteiger partial charge is 0.283 e. The zero-order valence-corrected chi connectivity index (χ0v) is 15.4. The molecule has 0 N–H and O–H groups in total. The fraction of sp³-hybridized carbons (Fsp3) is 0.278. The molecule has 3 rings (SSSR count). The summed E-state index contributed by atoms with van der Waals surface area (Å²) in [6.45, 7) is 3.23. The molecule has 0 spiro atoms. The number of piperazine rings is 1. The van der Waals surface area contributed by atoms with Gasteiger partial charge >= 0.3 is 0 Å². The summed E-state index contributed by atoms with van der Waals surface area (Å²) in [5.74, 6) is -0.334. The molecule has 1 aliphatic heterocycles. The molecule has 6 nitrogen and oxygen atoms in total. The maximum absolute atomic E-state index is 12.7. The number of nitro groups is 1. The molecule has 0 aliphatic carbocycles. The molecule has 0 radical (unpaired) electrons. The van der Waals surface area contributed by atoms with E-state index in [1.54, 1.807) is 4.90 Å². The van der Waals surface area contributed by atoms with Gasteiger partial charge in [0.15, 0.2) is 0 Å². The van der Waals surface area contributed by atoms with Crippen molar-refractivity contribution in [2.24, 2.45) is 0 Å². The summed E-state index contributed by atoms with van der Waals surface area (Å²) in [6, 6.07) is 11.8. The fourth-order valence-electron chi connectivity index (χ4n) is 2.96. The minimum absolute atomic E-state index is 0.0746. The van der Waals surface area contributed by atoms with E-state index < -0.39 is 4.92 Å². The number of nitro benzene ring substituents is 1. The van der Waals surface area contributed by atoms with E-state index in [0.717, 1.165) is 12.1 Å². The molecule has 26 heavy (non-hydrogen) atoms. The quantitative estimate of drug-likeness (QED) is 0.584. The Morgan fingerprint density at radius 1 is 1.00 bits per heavy atom. The van der Waals surface area contributed by atoms with Crippen molar-refractivity contribution < 1.29 is 9.72 Å². The third kappa shape index (κ3) is 4.33. The first-order chi connectivity index (χ1) is 12.4. The summed E-state index contributed by atoms with van der Waals surface area (Å²) in [5.41, 5.74) is 0.971. The van der Waals surface area contributed by atoms with Crippen LogP contribution in [0.25, 0.3) is 0 Å². The Bertz CT molecular complexity index is 819. The van der Waals surface area contributed by atoms with Gasteiger partial charge in [-0.1, -0.05) is 35.3 Å². The van der Waals surface area contributed by atoms with Crippen molar-refractivity contribution >= 4 is 34.8 Å². The predicted octanol–water partition coefficient (Wildman–Crippen LogP) is 3.86. The van der Waals surface area contributed by atoms with Crippen LogP contribution in [0.1, 0.15) is 15.9 Å². The van der Waals surface area contributed by atoms with Crippen molar-refractivity contribution in [2.75, 3.05) is 26.2 Å². The van der Waals surface area contributed by atoms with Crippen molar-refractivity contribution in [3.8, 4) is 0 Å². The Kier molecular flexibility index (Phi) is 5.76. The molecule has 1 saturated heterocycles. The lowest BCUT2D eigenvalue weighted by Crippen LogP contribution is -2.48. The number of rotatable bonds is 4. The van der Waals surface area contributed by atoms with Crippen molar-refractivity contribution in [3.05, 3.63) is 73.8 Å². The molecule has 0 aromatic heterocycles. The van der Waals surface area contributed by atoms with Crippen LogP contribution in [0.3, 0.4) is 0 Å². The SMILES string of the molecule is O=C(c1ccc(Cl)cc1[N+](=O)[O-])N1CCN(Cc2ccc(Cl)cc2)CC1. The minimum Gasteiger partial charge on any atom is -0.336 e. The molecule has 1 aliphatic rings. The van der Waals surface area contributed by atoms with Gasteiger partial charge in [-0.3, -0.25) is 19.8 Å². The van der Waals surface area contributed by atoms with Crippen LogP contribution >= 0.6 is 23.2 Å². The van der Waals surface area contributed by atoms with Crippen LogP contribution < -0.4 is 0 Å². The van der Waals surface area contributed by atoms with E-state index >= 15 is 0 Å². The predicted molar refractivity (Wildman–Crippen MR) is 101 cm³/mol. The van der Waals surface area contributed by atoms with E-state index in [1.165, 1.54) is 18.2 Å². The highest BCUT2D eigenvalue weighted by Crippen LogP contribution is 2.25. The lowest BCUT2D eigenvalue weighted by atomic mass is 10.1. The van der Waals surface area contributed by atoms with Crippen LogP contribution in [0.15, 0.2) is 42.5 Å². The number of carbonyl (C=O) groups excluding carboxylic acids is 1. The Labute approximate surface area is 161 Å². The third-order valence-electron chi connectivity index (χ3n) is 4.37. The largest absolute Gasteiger partial charge is 0.336 e. The van der Waals surface area contributed by atoms with Gasteiger partial charge in [-0.25, -0.2) is 0 Å². The monoisotopic (exact) mass is 393 g/mol. The molecule has 0 bridgehead atoms. The van der Waals surface area contributed by atoms with Crippen LogP contribution in [0.4, 0.5) is 5.69 Å². The van der Waals surface area contributed by atoms with Crippen molar-refractivity contribution in [2.45, 2.75) is 6.54 Å². The average Bonchev–Trinajstić information content (AvgIpc) is 2.63. The number of halogens is 2. The maximum Gasteiger partial charge on any atom is 0.283 e. The van der Waals surface area contributed by atoms with Gasteiger partial charge in [-0.2, -0.15) is 0 Å². The molecule has 2 aromatic carbocycles. The third-order valence-corrected chi connectivity index (χ3v) is 4.85. The molecule has 8 heteroatoms. The van der Waals surface area contributed by atoms with E-state index in [9.17, 15) is 14.9 Å². The van der Waals surface area contributed by atoms with Gasteiger partial charge in [-0.05, 0) is 29.8 Å². The molecule has 136 valence electrons.